The van der Waals surface area contributed by atoms with Gasteiger partial charge in [-0.25, -0.2) is 4.98 Å². The Balaban J connectivity index is 1.51. The number of carbonyl (C=O) groups is 1. The van der Waals surface area contributed by atoms with Crippen molar-refractivity contribution in [2.45, 2.75) is 51.6 Å². The van der Waals surface area contributed by atoms with Crippen molar-refractivity contribution in [2.75, 3.05) is 13.7 Å². The van der Waals surface area contributed by atoms with Crippen molar-refractivity contribution in [3.05, 3.63) is 45.9 Å². The number of hydrogen-bond donors (Lipinski definition) is 3. The van der Waals surface area contributed by atoms with Gasteiger partial charge in [0.15, 0.2) is 0 Å². The van der Waals surface area contributed by atoms with Crippen molar-refractivity contribution in [1.29, 1.82) is 0 Å². The predicted octanol–water partition coefficient (Wildman–Crippen LogP) is 5.83. The van der Waals surface area contributed by atoms with Crippen LogP contribution in [0.5, 0.6) is 5.75 Å². The van der Waals surface area contributed by atoms with Crippen molar-refractivity contribution in [3.8, 4) is 17.1 Å². The lowest BCUT2D eigenvalue weighted by Gasteiger charge is -2.46. The molecule has 0 unspecified atom stereocenters. The first-order valence-corrected chi connectivity index (χ1v) is 11.8. The standard InChI is InChI=1S/C25H30Cl2N4O2/c1-24(2)11-14(12-25(3,4)31-24)13-28-23(32)15-6-7-16(21(8-15)33-5)22-29-19-9-17(26)18(27)10-20(19)30-22/h6-10,14,31H,11-13H2,1-5H3,(H,28,32)(H,29,30). The second-order valence-electron chi connectivity index (χ2n) is 10.2. The number of ether oxygens (including phenoxy) is 1. The minimum Gasteiger partial charge on any atom is -0.496 e. The van der Waals surface area contributed by atoms with E-state index in [9.17, 15) is 4.79 Å². The van der Waals surface area contributed by atoms with E-state index >= 15 is 0 Å². The van der Waals surface area contributed by atoms with Crippen LogP contribution in [0, 0.1) is 5.92 Å². The number of aromatic amines is 1. The van der Waals surface area contributed by atoms with Crippen LogP contribution >= 0.6 is 23.2 Å². The van der Waals surface area contributed by atoms with Gasteiger partial charge in [-0.3, -0.25) is 4.79 Å². The maximum atomic E-state index is 12.9. The molecule has 2 heterocycles. The lowest BCUT2D eigenvalue weighted by molar-refractivity contribution is 0.0905. The molecule has 0 atom stereocenters. The number of nitrogens with one attached hydrogen (secondary N) is 3. The summed E-state index contributed by atoms with van der Waals surface area (Å²) in [5.74, 6) is 1.47. The van der Waals surface area contributed by atoms with Crippen LogP contribution in [0.2, 0.25) is 10.0 Å². The Labute approximate surface area is 204 Å². The first-order chi connectivity index (χ1) is 15.5. The zero-order chi connectivity index (χ0) is 24.0. The lowest BCUT2D eigenvalue weighted by Crippen LogP contribution is -2.59. The molecular weight excluding hydrogens is 459 g/mol. The SMILES string of the molecule is COc1cc(C(=O)NCC2CC(C)(C)NC(C)(C)C2)ccc1-c1nc2cc(Cl)c(Cl)cc2[nH]1. The van der Waals surface area contributed by atoms with E-state index < -0.39 is 0 Å². The highest BCUT2D eigenvalue weighted by Crippen LogP contribution is 2.34. The van der Waals surface area contributed by atoms with Gasteiger partial charge in [-0.2, -0.15) is 0 Å². The Bertz CT molecular complexity index is 1150. The second kappa shape index (κ2) is 8.82. The van der Waals surface area contributed by atoms with E-state index in [0.717, 1.165) is 23.9 Å². The Kier molecular flexibility index (Phi) is 6.38. The normalized spacial score (nSPS) is 17.8. The van der Waals surface area contributed by atoms with Crippen LogP contribution in [-0.4, -0.2) is 40.6 Å². The maximum absolute atomic E-state index is 12.9. The van der Waals surface area contributed by atoms with E-state index in [2.05, 4.69) is 48.3 Å². The summed E-state index contributed by atoms with van der Waals surface area (Å²) < 4.78 is 5.58. The highest BCUT2D eigenvalue weighted by molar-refractivity contribution is 6.42. The van der Waals surface area contributed by atoms with Gasteiger partial charge in [0.25, 0.3) is 5.91 Å². The number of fused-ring (bicyclic) bond motifs is 1. The molecule has 0 saturated carbocycles. The summed E-state index contributed by atoms with van der Waals surface area (Å²) >= 11 is 12.2. The lowest BCUT2D eigenvalue weighted by atomic mass is 9.76. The number of benzene rings is 2. The molecule has 8 heteroatoms. The summed E-state index contributed by atoms with van der Waals surface area (Å²) in [5, 5.41) is 7.70. The number of aromatic nitrogens is 2. The maximum Gasteiger partial charge on any atom is 0.251 e. The fraction of sp³-hybridized carbons (Fsp3) is 0.440. The molecule has 3 aromatic rings. The van der Waals surface area contributed by atoms with Gasteiger partial charge in [0.2, 0.25) is 0 Å². The molecule has 1 saturated heterocycles. The van der Waals surface area contributed by atoms with Gasteiger partial charge in [-0.05, 0) is 76.8 Å². The minimum absolute atomic E-state index is 0.0447. The fourth-order valence-electron chi connectivity index (χ4n) is 5.18. The summed E-state index contributed by atoms with van der Waals surface area (Å²) in [6.07, 6.45) is 2.03. The molecule has 0 bridgehead atoms. The van der Waals surface area contributed by atoms with Crippen molar-refractivity contribution in [2.24, 2.45) is 5.92 Å². The van der Waals surface area contributed by atoms with E-state index in [4.69, 9.17) is 27.9 Å². The quantitative estimate of drug-likeness (QED) is 0.421. The summed E-state index contributed by atoms with van der Waals surface area (Å²) in [4.78, 5) is 20.8. The fourth-order valence-corrected chi connectivity index (χ4v) is 5.50. The van der Waals surface area contributed by atoms with E-state index in [1.54, 1.807) is 31.4 Å². The monoisotopic (exact) mass is 488 g/mol. The smallest absolute Gasteiger partial charge is 0.251 e. The molecule has 33 heavy (non-hydrogen) atoms. The van der Waals surface area contributed by atoms with Gasteiger partial charge in [0, 0.05) is 23.2 Å². The van der Waals surface area contributed by atoms with Gasteiger partial charge in [0.05, 0.1) is 33.8 Å². The zero-order valence-electron chi connectivity index (χ0n) is 19.6. The van der Waals surface area contributed by atoms with E-state index in [0.29, 0.717) is 45.2 Å². The second-order valence-corrected chi connectivity index (χ2v) is 11.0. The molecule has 1 amide bonds. The van der Waals surface area contributed by atoms with Crippen molar-refractivity contribution < 1.29 is 9.53 Å². The van der Waals surface area contributed by atoms with Gasteiger partial charge in [0.1, 0.15) is 11.6 Å². The number of hydrogen-bond acceptors (Lipinski definition) is 4. The molecule has 0 radical (unpaired) electrons. The third-order valence-corrected chi connectivity index (χ3v) is 6.79. The molecule has 1 aliphatic heterocycles. The molecule has 2 aromatic carbocycles. The molecule has 0 aliphatic carbocycles. The van der Waals surface area contributed by atoms with Gasteiger partial charge in [-0.1, -0.05) is 23.2 Å². The van der Waals surface area contributed by atoms with Gasteiger partial charge < -0.3 is 20.4 Å². The predicted molar refractivity (Wildman–Crippen MR) is 134 cm³/mol. The summed E-state index contributed by atoms with van der Waals surface area (Å²) in [7, 11) is 1.58. The van der Waals surface area contributed by atoms with Crippen LogP contribution < -0.4 is 15.4 Å². The number of methoxy groups -OCH3 is 1. The largest absolute Gasteiger partial charge is 0.496 e. The van der Waals surface area contributed by atoms with Crippen LogP contribution in [-0.2, 0) is 0 Å². The highest BCUT2D eigenvalue weighted by Gasteiger charge is 2.37. The highest BCUT2D eigenvalue weighted by atomic mass is 35.5. The Morgan fingerprint density at radius 2 is 1.79 bits per heavy atom. The zero-order valence-corrected chi connectivity index (χ0v) is 21.1. The average Bonchev–Trinajstić information content (AvgIpc) is 3.12. The number of rotatable bonds is 5. The van der Waals surface area contributed by atoms with Gasteiger partial charge in [-0.15, -0.1) is 0 Å². The molecular formula is C25H30Cl2N4O2. The molecule has 3 N–H and O–H groups in total. The topological polar surface area (TPSA) is 79.0 Å². The van der Waals surface area contributed by atoms with E-state index in [-0.39, 0.29) is 17.0 Å². The third kappa shape index (κ3) is 5.29. The third-order valence-electron chi connectivity index (χ3n) is 6.07. The molecule has 1 fully saturated rings. The van der Waals surface area contributed by atoms with Crippen molar-refractivity contribution in [1.82, 2.24) is 20.6 Å². The molecule has 0 spiro atoms. The van der Waals surface area contributed by atoms with E-state index in [1.807, 2.05) is 6.07 Å². The molecule has 1 aliphatic rings. The number of carbonyl (C=O) groups excluding carboxylic acids is 1. The van der Waals surface area contributed by atoms with Crippen LogP contribution in [0.1, 0.15) is 50.9 Å². The number of nitrogens with zero attached hydrogens (tertiary/aromatic N) is 1. The van der Waals surface area contributed by atoms with Crippen LogP contribution in [0.4, 0.5) is 0 Å². The summed E-state index contributed by atoms with van der Waals surface area (Å²) in [6.45, 7) is 9.50. The summed E-state index contributed by atoms with van der Waals surface area (Å²) in [5.41, 5.74) is 2.86. The number of halogens is 2. The van der Waals surface area contributed by atoms with Crippen molar-refractivity contribution in [3.63, 3.8) is 0 Å². The molecule has 1 aromatic heterocycles. The molecule has 6 nitrogen and oxygen atoms in total. The average molecular weight is 489 g/mol. The Morgan fingerprint density at radius 3 is 2.45 bits per heavy atom. The van der Waals surface area contributed by atoms with Crippen molar-refractivity contribution >= 4 is 40.1 Å². The Morgan fingerprint density at radius 1 is 1.12 bits per heavy atom. The Hall–Kier alpha value is -2.28. The van der Waals surface area contributed by atoms with Crippen LogP contribution in [0.3, 0.4) is 0 Å². The number of imidazole rings is 1. The number of amides is 1. The molecule has 4 rings (SSSR count). The molecule has 176 valence electrons. The number of piperidine rings is 1. The summed E-state index contributed by atoms with van der Waals surface area (Å²) in [6, 6.07) is 8.83. The first-order valence-electron chi connectivity index (χ1n) is 11.1. The van der Waals surface area contributed by atoms with Gasteiger partial charge >= 0.3 is 0 Å². The van der Waals surface area contributed by atoms with Crippen LogP contribution in [0.25, 0.3) is 22.4 Å². The minimum atomic E-state index is -0.114. The van der Waals surface area contributed by atoms with E-state index in [1.165, 1.54) is 0 Å². The number of H-pyrrole nitrogens is 1. The van der Waals surface area contributed by atoms with Crippen LogP contribution in [0.15, 0.2) is 30.3 Å². The first kappa shape index (κ1) is 23.9.